The molecule has 0 heterocycles. The zero-order valence-electron chi connectivity index (χ0n) is 13.0. The molecule has 0 saturated heterocycles. The number of rotatable bonds is 6. The summed E-state index contributed by atoms with van der Waals surface area (Å²) in [4.78, 5) is 22.4. The van der Waals surface area contributed by atoms with E-state index in [9.17, 15) is 23.3 Å². The summed E-state index contributed by atoms with van der Waals surface area (Å²) in [5.74, 6) is -0.661. The highest BCUT2D eigenvalue weighted by Crippen LogP contribution is 2.27. The van der Waals surface area contributed by atoms with Crippen molar-refractivity contribution in [1.82, 2.24) is 0 Å². The molecule has 2 aromatic rings. The van der Waals surface area contributed by atoms with Crippen molar-refractivity contribution >= 4 is 44.6 Å². The maximum absolute atomic E-state index is 12.2. The van der Waals surface area contributed by atoms with E-state index < -0.39 is 27.4 Å². The van der Waals surface area contributed by atoms with E-state index in [1.165, 1.54) is 36.4 Å². The summed E-state index contributed by atoms with van der Waals surface area (Å²) in [6.07, 6.45) is 0.955. The average Bonchev–Trinajstić information content (AvgIpc) is 2.52. The Morgan fingerprint density at radius 2 is 1.92 bits per heavy atom. The lowest BCUT2D eigenvalue weighted by Gasteiger charge is -2.22. The second kappa shape index (κ2) is 7.49. The van der Waals surface area contributed by atoms with Crippen molar-refractivity contribution in [2.24, 2.45) is 0 Å². The van der Waals surface area contributed by atoms with Crippen molar-refractivity contribution in [2.45, 2.75) is 0 Å². The van der Waals surface area contributed by atoms with E-state index in [4.69, 9.17) is 11.6 Å². The molecule has 0 atom stereocenters. The van der Waals surface area contributed by atoms with Crippen LogP contribution in [0.15, 0.2) is 48.5 Å². The number of nitro groups is 1. The van der Waals surface area contributed by atoms with Gasteiger partial charge in [0.1, 0.15) is 6.54 Å². The van der Waals surface area contributed by atoms with Crippen LogP contribution in [0, 0.1) is 10.1 Å². The minimum absolute atomic E-state index is 0.167. The highest BCUT2D eigenvalue weighted by atomic mass is 35.5. The second-order valence-electron chi connectivity index (χ2n) is 5.08. The molecular weight excluding hydrogens is 370 g/mol. The number of nitrogens with one attached hydrogen (secondary N) is 1. The lowest BCUT2D eigenvalue weighted by molar-refractivity contribution is -0.384. The monoisotopic (exact) mass is 383 g/mol. The van der Waals surface area contributed by atoms with E-state index in [1.807, 2.05) is 0 Å². The Labute approximate surface area is 149 Å². The maximum atomic E-state index is 12.2. The normalized spacial score (nSPS) is 11.0. The van der Waals surface area contributed by atoms with E-state index in [0.717, 1.165) is 10.6 Å². The van der Waals surface area contributed by atoms with Crippen LogP contribution in [-0.2, 0) is 14.8 Å². The number of hydrogen-bond donors (Lipinski definition) is 1. The minimum atomic E-state index is -3.77. The number of para-hydroxylation sites is 1. The molecule has 0 fully saturated rings. The zero-order chi connectivity index (χ0) is 18.6. The van der Waals surface area contributed by atoms with Crippen LogP contribution in [-0.4, -0.2) is 32.0 Å². The van der Waals surface area contributed by atoms with Gasteiger partial charge in [-0.25, -0.2) is 8.42 Å². The van der Waals surface area contributed by atoms with Gasteiger partial charge in [-0.05, 0) is 18.2 Å². The van der Waals surface area contributed by atoms with Gasteiger partial charge in [0.05, 0.1) is 21.9 Å². The van der Waals surface area contributed by atoms with Crippen LogP contribution in [0.5, 0.6) is 0 Å². The van der Waals surface area contributed by atoms with Gasteiger partial charge in [0, 0.05) is 17.8 Å². The van der Waals surface area contributed by atoms with Crippen molar-refractivity contribution < 1.29 is 18.1 Å². The Bertz CT molecular complexity index is 917. The van der Waals surface area contributed by atoms with Gasteiger partial charge < -0.3 is 5.32 Å². The number of nitrogens with zero attached hydrogens (tertiary/aromatic N) is 2. The topological polar surface area (TPSA) is 110 Å². The molecular formula is C15H14ClN3O5S. The van der Waals surface area contributed by atoms with Gasteiger partial charge in [-0.2, -0.15) is 0 Å². The summed E-state index contributed by atoms with van der Waals surface area (Å²) in [6, 6.07) is 11.5. The van der Waals surface area contributed by atoms with Crippen molar-refractivity contribution in [3.63, 3.8) is 0 Å². The maximum Gasteiger partial charge on any atom is 0.271 e. The standard InChI is InChI=1S/C15H14ClN3O5S/c1-25(23,24)18(14-8-3-2-7-13(14)16)10-15(20)17-11-5-4-6-12(9-11)19(21)22/h2-9H,10H2,1H3,(H,17,20). The van der Waals surface area contributed by atoms with E-state index in [1.54, 1.807) is 12.1 Å². The van der Waals surface area contributed by atoms with Crippen LogP contribution in [0.25, 0.3) is 0 Å². The number of sulfonamides is 1. The Morgan fingerprint density at radius 3 is 2.52 bits per heavy atom. The zero-order valence-corrected chi connectivity index (χ0v) is 14.6. The summed E-state index contributed by atoms with van der Waals surface area (Å²) < 4.78 is 24.9. The van der Waals surface area contributed by atoms with Crippen molar-refractivity contribution in [1.29, 1.82) is 0 Å². The Balaban J connectivity index is 2.23. The van der Waals surface area contributed by atoms with Crippen LogP contribution in [0.1, 0.15) is 0 Å². The minimum Gasteiger partial charge on any atom is -0.324 e. The summed E-state index contributed by atoms with van der Waals surface area (Å²) in [5.41, 5.74) is 0.163. The third-order valence-corrected chi connectivity index (χ3v) is 4.60. The molecule has 132 valence electrons. The molecule has 2 rings (SSSR count). The number of carbonyl (C=O) groups excluding carboxylic acids is 1. The van der Waals surface area contributed by atoms with Crippen LogP contribution >= 0.6 is 11.6 Å². The number of carbonyl (C=O) groups is 1. The smallest absolute Gasteiger partial charge is 0.271 e. The van der Waals surface area contributed by atoms with Crippen LogP contribution < -0.4 is 9.62 Å². The van der Waals surface area contributed by atoms with E-state index in [0.29, 0.717) is 0 Å². The molecule has 1 amide bonds. The molecule has 10 heteroatoms. The molecule has 25 heavy (non-hydrogen) atoms. The molecule has 0 aliphatic heterocycles. The molecule has 2 aromatic carbocycles. The van der Waals surface area contributed by atoms with Gasteiger partial charge in [0.25, 0.3) is 5.69 Å². The molecule has 0 spiro atoms. The molecule has 8 nitrogen and oxygen atoms in total. The first-order valence-electron chi connectivity index (χ1n) is 6.95. The predicted molar refractivity (Wildman–Crippen MR) is 95.4 cm³/mol. The molecule has 0 saturated carbocycles. The highest BCUT2D eigenvalue weighted by Gasteiger charge is 2.23. The van der Waals surface area contributed by atoms with Crippen LogP contribution in [0.2, 0.25) is 5.02 Å². The number of hydrogen-bond acceptors (Lipinski definition) is 5. The number of amides is 1. The van der Waals surface area contributed by atoms with Crippen molar-refractivity contribution in [3.05, 3.63) is 63.7 Å². The summed E-state index contributed by atoms with van der Waals surface area (Å²) in [5, 5.41) is 13.4. The molecule has 0 bridgehead atoms. The largest absolute Gasteiger partial charge is 0.324 e. The molecule has 0 aliphatic carbocycles. The van der Waals surface area contributed by atoms with Crippen molar-refractivity contribution in [2.75, 3.05) is 22.4 Å². The number of nitro benzene ring substituents is 1. The fourth-order valence-electron chi connectivity index (χ4n) is 2.06. The lowest BCUT2D eigenvalue weighted by Crippen LogP contribution is -2.37. The first-order chi connectivity index (χ1) is 11.7. The average molecular weight is 384 g/mol. The lowest BCUT2D eigenvalue weighted by atomic mass is 10.3. The highest BCUT2D eigenvalue weighted by molar-refractivity contribution is 7.92. The Morgan fingerprint density at radius 1 is 1.24 bits per heavy atom. The molecule has 0 unspecified atom stereocenters. The first kappa shape index (κ1) is 18.7. The molecule has 1 N–H and O–H groups in total. The fourth-order valence-corrected chi connectivity index (χ4v) is 3.22. The summed E-state index contributed by atoms with van der Waals surface area (Å²) >= 11 is 6.01. The summed E-state index contributed by atoms with van der Waals surface area (Å²) in [7, 11) is -3.77. The van der Waals surface area contributed by atoms with Gasteiger partial charge >= 0.3 is 0 Å². The van der Waals surface area contributed by atoms with Crippen LogP contribution in [0.3, 0.4) is 0 Å². The molecule has 0 radical (unpaired) electrons. The Hall–Kier alpha value is -2.65. The van der Waals surface area contributed by atoms with Gasteiger partial charge in [-0.3, -0.25) is 19.2 Å². The molecule has 0 aromatic heterocycles. The number of benzene rings is 2. The predicted octanol–water partition coefficient (Wildman–Crippen LogP) is 2.65. The fraction of sp³-hybridized carbons (Fsp3) is 0.133. The van der Waals surface area contributed by atoms with Crippen LogP contribution in [0.4, 0.5) is 17.1 Å². The quantitative estimate of drug-likeness (QED) is 0.609. The molecule has 0 aliphatic rings. The van der Waals surface area contributed by atoms with Gasteiger partial charge in [-0.15, -0.1) is 0 Å². The third kappa shape index (κ3) is 4.91. The van der Waals surface area contributed by atoms with E-state index in [2.05, 4.69) is 5.32 Å². The van der Waals surface area contributed by atoms with Gasteiger partial charge in [-0.1, -0.05) is 29.8 Å². The van der Waals surface area contributed by atoms with Crippen molar-refractivity contribution in [3.8, 4) is 0 Å². The number of anilines is 2. The third-order valence-electron chi connectivity index (χ3n) is 3.15. The van der Waals surface area contributed by atoms with Gasteiger partial charge in [0.2, 0.25) is 15.9 Å². The summed E-state index contributed by atoms with van der Waals surface area (Å²) in [6.45, 7) is -0.523. The van der Waals surface area contributed by atoms with E-state index in [-0.39, 0.29) is 22.1 Å². The Kier molecular flexibility index (Phi) is 5.60. The number of non-ortho nitro benzene ring substituents is 1. The SMILES string of the molecule is CS(=O)(=O)N(CC(=O)Nc1cccc([N+](=O)[O-])c1)c1ccccc1Cl. The second-order valence-corrected chi connectivity index (χ2v) is 7.39. The first-order valence-corrected chi connectivity index (χ1v) is 9.17. The number of halogens is 1. The van der Waals surface area contributed by atoms with E-state index >= 15 is 0 Å². The van der Waals surface area contributed by atoms with Gasteiger partial charge in [0.15, 0.2) is 0 Å².